The number of rotatable bonds is 5. The lowest BCUT2D eigenvalue weighted by molar-refractivity contribution is -0.129. The van der Waals surface area contributed by atoms with Gasteiger partial charge in [-0.3, -0.25) is 0 Å². The average Bonchev–Trinajstić information content (AvgIpc) is 2.30. The van der Waals surface area contributed by atoms with Crippen LogP contribution in [0.2, 0.25) is 0 Å². The minimum Gasteiger partial charge on any atom is -0.501 e. The second-order valence-electron chi connectivity index (χ2n) is 2.83. The fourth-order valence-electron chi connectivity index (χ4n) is 1.05. The molecule has 0 heterocycles. The van der Waals surface area contributed by atoms with Gasteiger partial charge in [0.25, 0.3) is 0 Å². The molecule has 1 aromatic rings. The molecule has 1 rings (SSSR count). The number of carbonyl (C=O) groups excluding carboxylic acids is 1. The van der Waals surface area contributed by atoms with E-state index >= 15 is 0 Å². The number of ether oxygens (including phenoxy) is 3. The van der Waals surface area contributed by atoms with E-state index in [1.54, 1.807) is 24.3 Å². The Hall–Kier alpha value is -1.97. The van der Waals surface area contributed by atoms with Crippen LogP contribution in [0.5, 0.6) is 11.5 Å². The molecule has 0 aromatic heterocycles. The summed E-state index contributed by atoms with van der Waals surface area (Å²) in [5.41, 5.74) is 0. The molecule has 0 saturated carbocycles. The fourth-order valence-corrected chi connectivity index (χ4v) is 1.05. The molecule has 4 nitrogen and oxygen atoms in total. The van der Waals surface area contributed by atoms with Crippen molar-refractivity contribution in [3.63, 3.8) is 0 Å². The normalized spacial score (nSPS) is 10.1. The lowest BCUT2D eigenvalue weighted by Crippen LogP contribution is -2.05. The summed E-state index contributed by atoms with van der Waals surface area (Å²) >= 11 is 0. The zero-order valence-corrected chi connectivity index (χ0v) is 9.30. The molecule has 0 amide bonds. The van der Waals surface area contributed by atoms with Crippen molar-refractivity contribution in [1.29, 1.82) is 0 Å². The minimum atomic E-state index is -0.502. The second-order valence-corrected chi connectivity index (χ2v) is 2.83. The Labute approximate surface area is 94.4 Å². The molecule has 0 radical (unpaired) electrons. The molecular weight excluding hydrogens is 208 g/mol. The molecule has 0 aliphatic heterocycles. The molecule has 0 spiro atoms. The predicted octanol–water partition coefficient (Wildman–Crippen LogP) is 2.15. The van der Waals surface area contributed by atoms with Gasteiger partial charge in [0, 0.05) is 0 Å². The third-order valence-electron chi connectivity index (χ3n) is 1.75. The maximum Gasteiger partial charge on any atom is 0.339 e. The van der Waals surface area contributed by atoms with E-state index in [2.05, 4.69) is 0 Å². The van der Waals surface area contributed by atoms with Gasteiger partial charge in [-0.2, -0.15) is 0 Å². The van der Waals surface area contributed by atoms with E-state index in [9.17, 15) is 4.79 Å². The van der Waals surface area contributed by atoms with Gasteiger partial charge in [-0.1, -0.05) is 12.1 Å². The zero-order valence-electron chi connectivity index (χ0n) is 9.30. The molecule has 0 fully saturated rings. The monoisotopic (exact) mass is 222 g/mol. The van der Waals surface area contributed by atoms with Gasteiger partial charge in [-0.25, -0.2) is 4.79 Å². The Balaban J connectivity index is 2.62. The molecule has 0 aliphatic carbocycles. The SMILES string of the molecule is CCOC=CC(=O)Oc1ccccc1OC. The quantitative estimate of drug-likeness (QED) is 0.331. The maximum atomic E-state index is 11.3. The van der Waals surface area contributed by atoms with Gasteiger partial charge in [-0.15, -0.1) is 0 Å². The summed E-state index contributed by atoms with van der Waals surface area (Å²) < 4.78 is 15.0. The van der Waals surface area contributed by atoms with E-state index in [0.29, 0.717) is 18.1 Å². The third kappa shape index (κ3) is 3.65. The van der Waals surface area contributed by atoms with Crippen molar-refractivity contribution >= 4 is 5.97 Å². The molecule has 1 aromatic carbocycles. The van der Waals surface area contributed by atoms with Crippen molar-refractivity contribution in [2.45, 2.75) is 6.92 Å². The molecule has 0 unspecified atom stereocenters. The summed E-state index contributed by atoms with van der Waals surface area (Å²) in [7, 11) is 1.52. The first-order valence-electron chi connectivity index (χ1n) is 4.91. The van der Waals surface area contributed by atoms with E-state index in [4.69, 9.17) is 14.2 Å². The number of benzene rings is 1. The smallest absolute Gasteiger partial charge is 0.339 e. The van der Waals surface area contributed by atoms with Crippen LogP contribution in [0, 0.1) is 0 Å². The lowest BCUT2D eigenvalue weighted by Gasteiger charge is -2.06. The van der Waals surface area contributed by atoms with Crippen LogP contribution < -0.4 is 9.47 Å². The molecule has 0 atom stereocenters. The molecule has 0 N–H and O–H groups in total. The van der Waals surface area contributed by atoms with Gasteiger partial charge in [0.05, 0.1) is 26.1 Å². The van der Waals surface area contributed by atoms with Crippen molar-refractivity contribution in [3.8, 4) is 11.5 Å². The van der Waals surface area contributed by atoms with E-state index in [1.165, 1.54) is 19.4 Å². The van der Waals surface area contributed by atoms with Gasteiger partial charge >= 0.3 is 5.97 Å². The van der Waals surface area contributed by atoms with Crippen molar-refractivity contribution in [3.05, 3.63) is 36.6 Å². The Morgan fingerprint density at radius 3 is 2.62 bits per heavy atom. The predicted molar refractivity (Wildman–Crippen MR) is 59.4 cm³/mol. The number of carbonyl (C=O) groups is 1. The highest BCUT2D eigenvalue weighted by Crippen LogP contribution is 2.25. The molecule has 86 valence electrons. The van der Waals surface area contributed by atoms with Crippen molar-refractivity contribution in [2.75, 3.05) is 13.7 Å². The van der Waals surface area contributed by atoms with E-state index in [0.717, 1.165) is 0 Å². The van der Waals surface area contributed by atoms with Crippen LogP contribution >= 0.6 is 0 Å². The van der Waals surface area contributed by atoms with Gasteiger partial charge in [-0.05, 0) is 19.1 Å². The van der Waals surface area contributed by atoms with E-state index in [-0.39, 0.29) is 0 Å². The van der Waals surface area contributed by atoms with Gasteiger partial charge in [0.2, 0.25) is 0 Å². The van der Waals surface area contributed by atoms with Crippen LogP contribution in [-0.4, -0.2) is 19.7 Å². The van der Waals surface area contributed by atoms with E-state index < -0.39 is 5.97 Å². The van der Waals surface area contributed by atoms with Crippen LogP contribution in [-0.2, 0) is 9.53 Å². The summed E-state index contributed by atoms with van der Waals surface area (Å²) in [5, 5.41) is 0. The summed E-state index contributed by atoms with van der Waals surface area (Å²) in [6, 6.07) is 6.93. The third-order valence-corrected chi connectivity index (χ3v) is 1.75. The topological polar surface area (TPSA) is 44.8 Å². The average molecular weight is 222 g/mol. The Kier molecular flexibility index (Phi) is 4.92. The first-order chi connectivity index (χ1) is 7.77. The summed E-state index contributed by atoms with van der Waals surface area (Å²) in [4.78, 5) is 11.3. The highest BCUT2D eigenvalue weighted by molar-refractivity contribution is 5.84. The first kappa shape index (κ1) is 12.1. The second kappa shape index (κ2) is 6.50. The van der Waals surface area contributed by atoms with Crippen LogP contribution in [0.1, 0.15) is 6.92 Å². The fraction of sp³-hybridized carbons (Fsp3) is 0.250. The first-order valence-corrected chi connectivity index (χ1v) is 4.91. The van der Waals surface area contributed by atoms with Crippen molar-refractivity contribution < 1.29 is 19.0 Å². The zero-order chi connectivity index (χ0) is 11.8. The number of hydrogen-bond donors (Lipinski definition) is 0. The summed E-state index contributed by atoms with van der Waals surface area (Å²) in [6.45, 7) is 2.34. The van der Waals surface area contributed by atoms with Crippen LogP contribution in [0.15, 0.2) is 36.6 Å². The van der Waals surface area contributed by atoms with Gasteiger partial charge in [0.1, 0.15) is 0 Å². The number of esters is 1. The van der Waals surface area contributed by atoms with Gasteiger partial charge in [0.15, 0.2) is 11.5 Å². The highest BCUT2D eigenvalue weighted by Gasteiger charge is 2.06. The number of hydrogen-bond acceptors (Lipinski definition) is 4. The Morgan fingerprint density at radius 2 is 2.00 bits per heavy atom. The van der Waals surface area contributed by atoms with Crippen molar-refractivity contribution in [1.82, 2.24) is 0 Å². The molecule has 0 bridgehead atoms. The molecule has 0 aliphatic rings. The minimum absolute atomic E-state index is 0.385. The molecular formula is C12H14O4. The van der Waals surface area contributed by atoms with Crippen LogP contribution in [0.4, 0.5) is 0 Å². The maximum absolute atomic E-state index is 11.3. The van der Waals surface area contributed by atoms with E-state index in [1.807, 2.05) is 6.92 Å². The molecule has 0 saturated heterocycles. The lowest BCUT2D eigenvalue weighted by atomic mass is 10.3. The molecule has 16 heavy (non-hydrogen) atoms. The Morgan fingerprint density at radius 1 is 1.31 bits per heavy atom. The molecule has 4 heteroatoms. The highest BCUT2D eigenvalue weighted by atomic mass is 16.6. The summed E-state index contributed by atoms with van der Waals surface area (Å²) in [5.74, 6) is 0.398. The van der Waals surface area contributed by atoms with Gasteiger partial charge < -0.3 is 14.2 Å². The summed E-state index contributed by atoms with van der Waals surface area (Å²) in [6.07, 6.45) is 2.52. The van der Waals surface area contributed by atoms with Crippen LogP contribution in [0.25, 0.3) is 0 Å². The van der Waals surface area contributed by atoms with Crippen LogP contribution in [0.3, 0.4) is 0 Å². The van der Waals surface area contributed by atoms with Crippen molar-refractivity contribution in [2.24, 2.45) is 0 Å². The number of methoxy groups -OCH3 is 1. The largest absolute Gasteiger partial charge is 0.501 e. The standard InChI is InChI=1S/C12H14O4/c1-3-15-9-8-12(13)16-11-7-5-4-6-10(11)14-2/h4-9H,3H2,1-2H3. The Bertz CT molecular complexity index is 371. The number of para-hydroxylation sites is 2.